The molecule has 0 atom stereocenters. The van der Waals surface area contributed by atoms with Crippen LogP contribution in [-0.4, -0.2) is 48.2 Å². The number of carboxylic acid groups (broad SMARTS) is 1. The van der Waals surface area contributed by atoms with Gasteiger partial charge in [0.1, 0.15) is 0 Å². The molecule has 0 bridgehead atoms. The molecule has 0 saturated carbocycles. The number of aliphatic carboxylic acids is 1. The summed E-state index contributed by atoms with van der Waals surface area (Å²) in [4.78, 5) is 24.5. The lowest BCUT2D eigenvalue weighted by molar-refractivity contribution is -0.143. The predicted molar refractivity (Wildman–Crippen MR) is 91.4 cm³/mol. The molecule has 0 aliphatic carbocycles. The summed E-state index contributed by atoms with van der Waals surface area (Å²) >= 11 is 11.9. The second-order valence-corrected chi connectivity index (χ2v) is 6.46. The van der Waals surface area contributed by atoms with E-state index in [9.17, 15) is 9.59 Å². The van der Waals surface area contributed by atoms with Gasteiger partial charge in [-0.1, -0.05) is 29.3 Å². The monoisotopic (exact) mass is 374 g/mol. The summed E-state index contributed by atoms with van der Waals surface area (Å²) in [6.45, 7) is 2.00. The van der Waals surface area contributed by atoms with Crippen molar-refractivity contribution in [2.45, 2.75) is 19.4 Å². The number of piperidine rings is 1. The first-order chi connectivity index (χ1) is 11.5. The largest absolute Gasteiger partial charge is 0.481 e. The Labute approximate surface area is 150 Å². The van der Waals surface area contributed by atoms with Gasteiger partial charge in [-0.15, -0.1) is 0 Å². The fraction of sp³-hybridized carbons (Fsp3) is 0.500. The summed E-state index contributed by atoms with van der Waals surface area (Å²) in [5, 5.41) is 12.8. The normalized spacial score (nSPS) is 15.3. The Morgan fingerprint density at radius 3 is 2.62 bits per heavy atom. The van der Waals surface area contributed by atoms with Crippen LogP contribution in [0, 0.1) is 5.92 Å². The number of carboxylic acids is 1. The summed E-state index contributed by atoms with van der Waals surface area (Å²) in [6, 6.07) is 5.02. The molecule has 0 radical (unpaired) electrons. The molecule has 2 amide bonds. The Balaban J connectivity index is 1.62. The SMILES string of the molecule is O=C(O)C1CCN(C(=O)NCCOCc2ccc(Cl)cc2Cl)CC1. The summed E-state index contributed by atoms with van der Waals surface area (Å²) in [6.07, 6.45) is 0.989. The molecule has 1 aliphatic rings. The maximum Gasteiger partial charge on any atom is 0.317 e. The van der Waals surface area contributed by atoms with Gasteiger partial charge in [-0.25, -0.2) is 4.79 Å². The molecular formula is C16H20Cl2N2O4. The van der Waals surface area contributed by atoms with E-state index in [0.717, 1.165) is 5.56 Å². The Morgan fingerprint density at radius 1 is 1.29 bits per heavy atom. The molecular weight excluding hydrogens is 355 g/mol. The molecule has 1 aromatic carbocycles. The quantitative estimate of drug-likeness (QED) is 0.750. The first-order valence-electron chi connectivity index (χ1n) is 7.74. The molecule has 0 spiro atoms. The van der Waals surface area contributed by atoms with E-state index in [1.54, 1.807) is 23.1 Å². The van der Waals surface area contributed by atoms with E-state index in [-0.39, 0.29) is 11.9 Å². The number of amides is 2. The van der Waals surface area contributed by atoms with E-state index in [0.29, 0.717) is 55.7 Å². The van der Waals surface area contributed by atoms with Crippen LogP contribution in [-0.2, 0) is 16.1 Å². The molecule has 1 saturated heterocycles. The summed E-state index contributed by atoms with van der Waals surface area (Å²) in [5.41, 5.74) is 0.836. The van der Waals surface area contributed by atoms with Crippen LogP contribution in [0.4, 0.5) is 4.79 Å². The van der Waals surface area contributed by atoms with Gasteiger partial charge in [0.05, 0.1) is 19.1 Å². The van der Waals surface area contributed by atoms with Crippen LogP contribution in [0.1, 0.15) is 18.4 Å². The number of carbonyl (C=O) groups excluding carboxylic acids is 1. The summed E-state index contributed by atoms with van der Waals surface area (Å²) < 4.78 is 5.49. The minimum Gasteiger partial charge on any atom is -0.481 e. The third kappa shape index (κ3) is 5.54. The van der Waals surface area contributed by atoms with Crippen molar-refractivity contribution in [3.05, 3.63) is 33.8 Å². The maximum absolute atomic E-state index is 12.0. The van der Waals surface area contributed by atoms with Crippen molar-refractivity contribution < 1.29 is 19.4 Å². The van der Waals surface area contributed by atoms with E-state index >= 15 is 0 Å². The van der Waals surface area contributed by atoms with Crippen LogP contribution in [0.25, 0.3) is 0 Å². The van der Waals surface area contributed by atoms with E-state index in [1.165, 1.54) is 0 Å². The van der Waals surface area contributed by atoms with Gasteiger partial charge in [0, 0.05) is 29.7 Å². The molecule has 24 heavy (non-hydrogen) atoms. The average molecular weight is 375 g/mol. The molecule has 1 fully saturated rings. The third-order valence-electron chi connectivity index (χ3n) is 3.93. The predicted octanol–water partition coefficient (Wildman–Crippen LogP) is 3.02. The third-order valence-corrected chi connectivity index (χ3v) is 4.51. The van der Waals surface area contributed by atoms with Crippen molar-refractivity contribution >= 4 is 35.2 Å². The minimum absolute atomic E-state index is 0.188. The number of rotatable bonds is 6. The lowest BCUT2D eigenvalue weighted by Crippen LogP contribution is -2.46. The Hall–Kier alpha value is -1.50. The number of nitrogens with one attached hydrogen (secondary N) is 1. The van der Waals surface area contributed by atoms with E-state index < -0.39 is 5.97 Å². The summed E-state index contributed by atoms with van der Waals surface area (Å²) in [5.74, 6) is -1.13. The van der Waals surface area contributed by atoms with Crippen molar-refractivity contribution in [3.63, 3.8) is 0 Å². The van der Waals surface area contributed by atoms with Crippen molar-refractivity contribution in [1.82, 2.24) is 10.2 Å². The van der Waals surface area contributed by atoms with Gasteiger partial charge in [-0.2, -0.15) is 0 Å². The zero-order valence-corrected chi connectivity index (χ0v) is 14.6. The highest BCUT2D eigenvalue weighted by molar-refractivity contribution is 6.35. The molecule has 1 heterocycles. The summed E-state index contributed by atoms with van der Waals surface area (Å²) in [7, 11) is 0. The van der Waals surface area contributed by atoms with Crippen molar-refractivity contribution in [1.29, 1.82) is 0 Å². The van der Waals surface area contributed by atoms with Crippen LogP contribution < -0.4 is 5.32 Å². The van der Waals surface area contributed by atoms with E-state index in [1.807, 2.05) is 0 Å². The number of benzene rings is 1. The highest BCUT2D eigenvalue weighted by Gasteiger charge is 2.26. The number of hydrogen-bond acceptors (Lipinski definition) is 3. The Kier molecular flexibility index (Phi) is 7.15. The van der Waals surface area contributed by atoms with Gasteiger partial charge in [0.15, 0.2) is 0 Å². The zero-order valence-electron chi connectivity index (χ0n) is 13.1. The number of halogens is 2. The lowest BCUT2D eigenvalue weighted by atomic mass is 9.97. The first kappa shape index (κ1) is 18.8. The molecule has 2 rings (SSSR count). The van der Waals surface area contributed by atoms with Crippen LogP contribution in [0.15, 0.2) is 18.2 Å². The van der Waals surface area contributed by atoms with Crippen LogP contribution in [0.3, 0.4) is 0 Å². The standard InChI is InChI=1S/C16H20Cl2N2O4/c17-13-2-1-12(14(18)9-13)10-24-8-5-19-16(23)20-6-3-11(4-7-20)15(21)22/h1-2,9,11H,3-8,10H2,(H,19,23)(H,21,22). The number of likely N-dealkylation sites (tertiary alicyclic amines) is 1. The molecule has 6 nitrogen and oxygen atoms in total. The van der Waals surface area contributed by atoms with Gasteiger partial charge >= 0.3 is 12.0 Å². The van der Waals surface area contributed by atoms with Crippen molar-refractivity contribution in [2.75, 3.05) is 26.2 Å². The number of urea groups is 1. The van der Waals surface area contributed by atoms with Gasteiger partial charge in [-0.05, 0) is 30.5 Å². The van der Waals surface area contributed by atoms with E-state index in [4.69, 9.17) is 33.0 Å². The molecule has 1 aromatic rings. The second kappa shape index (κ2) is 9.11. The van der Waals surface area contributed by atoms with Crippen LogP contribution >= 0.6 is 23.2 Å². The Bertz CT molecular complexity index is 589. The van der Waals surface area contributed by atoms with Crippen molar-refractivity contribution in [2.24, 2.45) is 5.92 Å². The number of hydrogen-bond donors (Lipinski definition) is 2. The average Bonchev–Trinajstić information content (AvgIpc) is 2.56. The molecule has 8 heteroatoms. The first-order valence-corrected chi connectivity index (χ1v) is 8.50. The molecule has 2 N–H and O–H groups in total. The topological polar surface area (TPSA) is 78.9 Å². The number of nitrogens with zero attached hydrogens (tertiary/aromatic N) is 1. The lowest BCUT2D eigenvalue weighted by Gasteiger charge is -2.30. The zero-order chi connectivity index (χ0) is 17.5. The second-order valence-electron chi connectivity index (χ2n) is 5.62. The smallest absolute Gasteiger partial charge is 0.317 e. The Morgan fingerprint density at radius 2 is 2.00 bits per heavy atom. The van der Waals surface area contributed by atoms with Gasteiger partial charge in [0.2, 0.25) is 0 Å². The van der Waals surface area contributed by atoms with Crippen LogP contribution in [0.5, 0.6) is 0 Å². The van der Waals surface area contributed by atoms with E-state index in [2.05, 4.69) is 5.32 Å². The highest BCUT2D eigenvalue weighted by Crippen LogP contribution is 2.21. The minimum atomic E-state index is -0.788. The fourth-order valence-corrected chi connectivity index (χ4v) is 2.96. The van der Waals surface area contributed by atoms with Gasteiger partial charge in [0.25, 0.3) is 0 Å². The maximum atomic E-state index is 12.0. The molecule has 132 valence electrons. The molecule has 0 aromatic heterocycles. The van der Waals surface area contributed by atoms with Crippen LogP contribution in [0.2, 0.25) is 10.0 Å². The van der Waals surface area contributed by atoms with Gasteiger partial charge < -0.3 is 20.1 Å². The van der Waals surface area contributed by atoms with Gasteiger partial charge in [-0.3, -0.25) is 4.79 Å². The number of carbonyl (C=O) groups is 2. The molecule has 1 aliphatic heterocycles. The fourth-order valence-electron chi connectivity index (χ4n) is 2.49. The number of ether oxygens (including phenoxy) is 1. The molecule has 0 unspecified atom stereocenters. The highest BCUT2D eigenvalue weighted by atomic mass is 35.5. The van der Waals surface area contributed by atoms with Crippen molar-refractivity contribution in [3.8, 4) is 0 Å².